The van der Waals surface area contributed by atoms with Crippen LogP contribution in [0.15, 0.2) is 0 Å². The van der Waals surface area contributed by atoms with Crippen molar-refractivity contribution in [2.24, 2.45) is 5.41 Å². The summed E-state index contributed by atoms with van der Waals surface area (Å²) in [6.45, 7) is 6.09. The Morgan fingerprint density at radius 3 is 2.54 bits per heavy atom. The Balaban J connectivity index is 2.27. The van der Waals surface area contributed by atoms with Crippen LogP contribution in [0.25, 0.3) is 0 Å². The molecule has 0 aliphatic carbocycles. The third-order valence-electron chi connectivity index (χ3n) is 2.31. The van der Waals surface area contributed by atoms with Gasteiger partial charge in [0, 0.05) is 13.6 Å². The molecule has 0 aromatic carbocycles. The van der Waals surface area contributed by atoms with Crippen molar-refractivity contribution in [2.75, 3.05) is 26.8 Å². The number of ether oxygens (including phenoxy) is 1. The lowest BCUT2D eigenvalue weighted by molar-refractivity contribution is -0.129. The first-order valence-corrected chi connectivity index (χ1v) is 4.59. The molecule has 1 rings (SSSR count). The average Bonchev–Trinajstić information content (AvgIpc) is 1.99. The highest BCUT2D eigenvalue weighted by molar-refractivity contribution is 5.81. The van der Waals surface area contributed by atoms with Gasteiger partial charge in [-0.3, -0.25) is 4.79 Å². The Kier molecular flexibility index (Phi) is 3.27. The van der Waals surface area contributed by atoms with E-state index in [1.54, 1.807) is 7.05 Å². The fourth-order valence-electron chi connectivity index (χ4n) is 1.17. The van der Waals surface area contributed by atoms with Crippen LogP contribution in [0.4, 0.5) is 0 Å². The zero-order valence-corrected chi connectivity index (χ0v) is 8.52. The third kappa shape index (κ3) is 2.67. The summed E-state index contributed by atoms with van der Waals surface area (Å²) in [7, 11) is 1.66. The van der Waals surface area contributed by atoms with Gasteiger partial charge in [-0.15, -0.1) is 0 Å². The fourth-order valence-corrected chi connectivity index (χ4v) is 1.17. The number of carbonyl (C=O) groups is 1. The second-order valence-electron chi connectivity index (χ2n) is 4.08. The van der Waals surface area contributed by atoms with Crippen LogP contribution in [0.2, 0.25) is 0 Å². The van der Waals surface area contributed by atoms with E-state index in [0.29, 0.717) is 12.6 Å². The van der Waals surface area contributed by atoms with Gasteiger partial charge in [-0.1, -0.05) is 0 Å². The van der Waals surface area contributed by atoms with E-state index in [2.05, 4.69) is 10.6 Å². The van der Waals surface area contributed by atoms with Crippen molar-refractivity contribution in [3.05, 3.63) is 0 Å². The molecule has 4 heteroatoms. The first-order chi connectivity index (χ1) is 6.06. The maximum absolute atomic E-state index is 11.4. The van der Waals surface area contributed by atoms with Gasteiger partial charge in [0.25, 0.3) is 0 Å². The van der Waals surface area contributed by atoms with Crippen LogP contribution in [-0.4, -0.2) is 38.8 Å². The van der Waals surface area contributed by atoms with Gasteiger partial charge in [0.2, 0.25) is 5.91 Å². The van der Waals surface area contributed by atoms with Crippen molar-refractivity contribution in [2.45, 2.75) is 19.9 Å². The number of nitrogens with one attached hydrogen (secondary N) is 2. The lowest BCUT2D eigenvalue weighted by Gasteiger charge is -2.31. The summed E-state index contributed by atoms with van der Waals surface area (Å²) in [5.74, 6) is 0.0697. The largest absolute Gasteiger partial charge is 0.378 e. The SMILES string of the molecule is CNC(=O)C(C)(C)CNC1COC1. The number of rotatable bonds is 4. The Morgan fingerprint density at radius 1 is 1.54 bits per heavy atom. The van der Waals surface area contributed by atoms with E-state index in [0.717, 1.165) is 13.2 Å². The van der Waals surface area contributed by atoms with E-state index < -0.39 is 0 Å². The van der Waals surface area contributed by atoms with Crippen molar-refractivity contribution in [1.82, 2.24) is 10.6 Å². The molecular formula is C9H18N2O2. The van der Waals surface area contributed by atoms with E-state index >= 15 is 0 Å². The number of amides is 1. The van der Waals surface area contributed by atoms with Gasteiger partial charge >= 0.3 is 0 Å². The van der Waals surface area contributed by atoms with Crippen LogP contribution in [0.5, 0.6) is 0 Å². The second kappa shape index (κ2) is 4.07. The minimum Gasteiger partial charge on any atom is -0.378 e. The Morgan fingerprint density at radius 2 is 2.15 bits per heavy atom. The number of hydrogen-bond acceptors (Lipinski definition) is 3. The molecule has 0 unspecified atom stereocenters. The first kappa shape index (κ1) is 10.5. The first-order valence-electron chi connectivity index (χ1n) is 4.59. The quantitative estimate of drug-likeness (QED) is 0.636. The molecule has 1 saturated heterocycles. The molecule has 0 aromatic rings. The molecule has 1 fully saturated rings. The maximum atomic E-state index is 11.4. The molecule has 0 atom stereocenters. The molecule has 76 valence electrons. The van der Waals surface area contributed by atoms with Crippen LogP contribution in [-0.2, 0) is 9.53 Å². The van der Waals surface area contributed by atoms with Crippen molar-refractivity contribution >= 4 is 5.91 Å². The number of hydrogen-bond donors (Lipinski definition) is 2. The summed E-state index contributed by atoms with van der Waals surface area (Å²) in [4.78, 5) is 11.4. The summed E-state index contributed by atoms with van der Waals surface area (Å²) in [5.41, 5.74) is -0.343. The van der Waals surface area contributed by atoms with Crippen molar-refractivity contribution in [1.29, 1.82) is 0 Å². The highest BCUT2D eigenvalue weighted by atomic mass is 16.5. The van der Waals surface area contributed by atoms with Gasteiger partial charge in [-0.25, -0.2) is 0 Å². The van der Waals surface area contributed by atoms with Gasteiger partial charge in [-0.2, -0.15) is 0 Å². The lowest BCUT2D eigenvalue weighted by atomic mass is 9.92. The summed E-state index contributed by atoms with van der Waals surface area (Å²) in [5, 5.41) is 5.94. The Bertz CT molecular complexity index is 188. The van der Waals surface area contributed by atoms with Crippen LogP contribution in [0.1, 0.15) is 13.8 Å². The van der Waals surface area contributed by atoms with E-state index in [4.69, 9.17) is 4.74 Å². The molecule has 1 aliphatic rings. The fraction of sp³-hybridized carbons (Fsp3) is 0.889. The van der Waals surface area contributed by atoms with E-state index in [1.165, 1.54) is 0 Å². The zero-order valence-electron chi connectivity index (χ0n) is 8.52. The Labute approximate surface area is 79.0 Å². The van der Waals surface area contributed by atoms with Gasteiger partial charge in [-0.05, 0) is 13.8 Å². The molecule has 4 nitrogen and oxygen atoms in total. The maximum Gasteiger partial charge on any atom is 0.226 e. The van der Waals surface area contributed by atoms with Crippen LogP contribution >= 0.6 is 0 Å². The smallest absolute Gasteiger partial charge is 0.226 e. The van der Waals surface area contributed by atoms with Crippen molar-refractivity contribution < 1.29 is 9.53 Å². The molecule has 1 heterocycles. The predicted molar refractivity (Wildman–Crippen MR) is 50.5 cm³/mol. The minimum absolute atomic E-state index is 0.0697. The van der Waals surface area contributed by atoms with Gasteiger partial charge < -0.3 is 15.4 Å². The minimum atomic E-state index is -0.343. The molecule has 0 saturated carbocycles. The van der Waals surface area contributed by atoms with E-state index in [1.807, 2.05) is 13.8 Å². The average molecular weight is 186 g/mol. The predicted octanol–water partition coefficient (Wildman–Crippen LogP) is -0.253. The van der Waals surface area contributed by atoms with Crippen LogP contribution < -0.4 is 10.6 Å². The standard InChI is InChI=1S/C9H18N2O2/c1-9(2,8(12)10-3)6-11-7-4-13-5-7/h7,11H,4-6H2,1-3H3,(H,10,12). The van der Waals surface area contributed by atoms with Gasteiger partial charge in [0.15, 0.2) is 0 Å². The van der Waals surface area contributed by atoms with Crippen LogP contribution in [0, 0.1) is 5.41 Å². The highest BCUT2D eigenvalue weighted by Gasteiger charge is 2.28. The van der Waals surface area contributed by atoms with Gasteiger partial charge in [0.05, 0.1) is 24.7 Å². The molecule has 0 aromatic heterocycles. The normalized spacial score (nSPS) is 18.1. The number of carbonyl (C=O) groups excluding carboxylic acids is 1. The van der Waals surface area contributed by atoms with Crippen LogP contribution in [0.3, 0.4) is 0 Å². The summed E-state index contributed by atoms with van der Waals surface area (Å²) >= 11 is 0. The molecule has 13 heavy (non-hydrogen) atoms. The van der Waals surface area contributed by atoms with E-state index in [-0.39, 0.29) is 11.3 Å². The molecule has 1 aliphatic heterocycles. The second-order valence-corrected chi connectivity index (χ2v) is 4.08. The molecular weight excluding hydrogens is 168 g/mol. The molecule has 2 N–H and O–H groups in total. The monoisotopic (exact) mass is 186 g/mol. The lowest BCUT2D eigenvalue weighted by Crippen LogP contribution is -2.51. The Hall–Kier alpha value is -0.610. The molecule has 1 amide bonds. The molecule has 0 bridgehead atoms. The van der Waals surface area contributed by atoms with Gasteiger partial charge in [0.1, 0.15) is 0 Å². The summed E-state index contributed by atoms with van der Waals surface area (Å²) < 4.78 is 5.02. The highest BCUT2D eigenvalue weighted by Crippen LogP contribution is 2.14. The zero-order chi connectivity index (χ0) is 9.90. The summed E-state index contributed by atoms with van der Waals surface area (Å²) in [6.07, 6.45) is 0. The van der Waals surface area contributed by atoms with Crippen molar-refractivity contribution in [3.8, 4) is 0 Å². The third-order valence-corrected chi connectivity index (χ3v) is 2.31. The topological polar surface area (TPSA) is 50.4 Å². The van der Waals surface area contributed by atoms with Crippen molar-refractivity contribution in [3.63, 3.8) is 0 Å². The van der Waals surface area contributed by atoms with E-state index in [9.17, 15) is 4.79 Å². The molecule has 0 spiro atoms. The molecule has 0 radical (unpaired) electrons. The summed E-state index contributed by atoms with van der Waals surface area (Å²) in [6, 6.07) is 0.434.